The van der Waals surface area contributed by atoms with Crippen molar-refractivity contribution in [3.05, 3.63) is 46.7 Å². The number of nitrogens with zero attached hydrogens (tertiary/aromatic N) is 2. The molecule has 1 heterocycles. The molecule has 0 spiro atoms. The first kappa shape index (κ1) is 14.8. The highest BCUT2D eigenvalue weighted by Crippen LogP contribution is 2.25. The molecule has 1 aromatic carbocycles. The van der Waals surface area contributed by atoms with Crippen molar-refractivity contribution in [3.63, 3.8) is 0 Å². The van der Waals surface area contributed by atoms with Gasteiger partial charge in [0.05, 0.1) is 17.9 Å². The fraction of sp³-hybridized carbons (Fsp3) is 0.214. The zero-order valence-electron chi connectivity index (χ0n) is 11.1. The Morgan fingerprint density at radius 1 is 1.35 bits per heavy atom. The second kappa shape index (κ2) is 6.72. The summed E-state index contributed by atoms with van der Waals surface area (Å²) in [4.78, 5) is 20.3. The number of thioether (sulfide) groups is 1. The van der Waals surface area contributed by atoms with Crippen LogP contribution in [0.15, 0.2) is 35.7 Å². The summed E-state index contributed by atoms with van der Waals surface area (Å²) in [6.07, 6.45) is 3.45. The molecule has 2 rings (SSSR count). The zero-order valence-corrected chi connectivity index (χ0v) is 12.7. The number of Topliss-reactive ketones (excluding diaryl/α,β-unsaturated/α-hetero) is 1. The Morgan fingerprint density at radius 2 is 2.05 bits per heavy atom. The Hall–Kier alpha value is -1.59. The molecule has 0 atom stereocenters. The first-order valence-electron chi connectivity index (χ1n) is 5.88. The van der Waals surface area contributed by atoms with Gasteiger partial charge in [-0.25, -0.2) is 9.97 Å². The second-order valence-electron chi connectivity index (χ2n) is 4.10. The molecule has 0 fully saturated rings. The summed E-state index contributed by atoms with van der Waals surface area (Å²) < 4.78 is 5.05. The summed E-state index contributed by atoms with van der Waals surface area (Å²) in [6, 6.07) is 4.99. The number of hydrogen-bond acceptors (Lipinski definition) is 5. The highest BCUT2D eigenvalue weighted by Gasteiger charge is 2.10. The number of halogens is 1. The smallest absolute Gasteiger partial charge is 0.187 e. The Morgan fingerprint density at radius 3 is 2.65 bits per heavy atom. The molecule has 0 radical (unpaired) electrons. The number of carbonyl (C=O) groups excluding carboxylic acids is 1. The maximum absolute atomic E-state index is 12.1. The number of aryl methyl sites for hydroxylation is 1. The molecule has 0 amide bonds. The Bertz CT molecular complexity index is 617. The maximum atomic E-state index is 12.1. The van der Waals surface area contributed by atoms with Crippen LogP contribution >= 0.6 is 23.4 Å². The van der Waals surface area contributed by atoms with Crippen LogP contribution in [0.3, 0.4) is 0 Å². The molecule has 0 saturated carbocycles. The predicted molar refractivity (Wildman–Crippen MR) is 79.8 cm³/mol. The molecule has 6 heteroatoms. The normalized spacial score (nSPS) is 10.3. The molecule has 0 unspecified atom stereocenters. The molecule has 104 valence electrons. The molecule has 0 N–H and O–H groups in total. The number of benzene rings is 1. The number of ether oxygens (including phenoxy) is 1. The number of methoxy groups -OCH3 is 1. The minimum absolute atomic E-state index is 0.0243. The average Bonchev–Trinajstić information content (AvgIpc) is 2.46. The van der Waals surface area contributed by atoms with Gasteiger partial charge < -0.3 is 4.74 Å². The third-order valence-electron chi connectivity index (χ3n) is 2.56. The first-order valence-corrected chi connectivity index (χ1v) is 7.24. The van der Waals surface area contributed by atoms with Crippen molar-refractivity contribution in [2.75, 3.05) is 12.9 Å². The number of rotatable bonds is 5. The van der Waals surface area contributed by atoms with E-state index in [1.54, 1.807) is 30.6 Å². The third kappa shape index (κ3) is 3.71. The van der Waals surface area contributed by atoms with E-state index < -0.39 is 0 Å². The fourth-order valence-electron chi connectivity index (χ4n) is 1.51. The summed E-state index contributed by atoms with van der Waals surface area (Å²) in [5.41, 5.74) is 1.54. The van der Waals surface area contributed by atoms with Crippen LogP contribution in [0.2, 0.25) is 5.02 Å². The summed E-state index contributed by atoms with van der Waals surface area (Å²) in [7, 11) is 1.54. The van der Waals surface area contributed by atoms with Gasteiger partial charge in [0.25, 0.3) is 0 Å². The maximum Gasteiger partial charge on any atom is 0.187 e. The number of hydrogen-bond donors (Lipinski definition) is 0. The number of carbonyl (C=O) groups is 1. The fourth-order valence-corrected chi connectivity index (χ4v) is 2.45. The lowest BCUT2D eigenvalue weighted by Gasteiger charge is -2.05. The van der Waals surface area contributed by atoms with E-state index in [0.29, 0.717) is 21.5 Å². The monoisotopic (exact) mass is 308 g/mol. The zero-order chi connectivity index (χ0) is 14.5. The van der Waals surface area contributed by atoms with Gasteiger partial charge in [0.1, 0.15) is 5.75 Å². The molecule has 2 aromatic rings. The molecule has 0 aliphatic heterocycles. The van der Waals surface area contributed by atoms with Crippen LogP contribution in [-0.2, 0) is 0 Å². The number of ketones is 1. The van der Waals surface area contributed by atoms with Gasteiger partial charge in [-0.1, -0.05) is 23.4 Å². The van der Waals surface area contributed by atoms with Crippen LogP contribution in [0, 0.1) is 6.92 Å². The predicted octanol–water partition coefficient (Wildman–Crippen LogP) is 3.42. The highest BCUT2D eigenvalue weighted by molar-refractivity contribution is 7.99. The SMILES string of the molecule is COc1ccc(C(=O)CSc2ncc(C)cn2)cc1Cl. The topological polar surface area (TPSA) is 52.1 Å². The van der Waals surface area contributed by atoms with Crippen LogP contribution in [0.5, 0.6) is 5.75 Å². The molecular formula is C14H13ClN2O2S. The van der Waals surface area contributed by atoms with Crippen molar-refractivity contribution in [1.82, 2.24) is 9.97 Å². The third-order valence-corrected chi connectivity index (χ3v) is 3.73. The van der Waals surface area contributed by atoms with E-state index in [4.69, 9.17) is 16.3 Å². The van der Waals surface area contributed by atoms with Gasteiger partial charge in [0.15, 0.2) is 10.9 Å². The number of aromatic nitrogens is 2. The molecule has 1 aromatic heterocycles. The van der Waals surface area contributed by atoms with Crippen molar-refractivity contribution in [2.45, 2.75) is 12.1 Å². The molecule has 4 nitrogen and oxygen atoms in total. The lowest BCUT2D eigenvalue weighted by atomic mass is 10.1. The Balaban J connectivity index is 2.01. The quantitative estimate of drug-likeness (QED) is 0.481. The van der Waals surface area contributed by atoms with E-state index >= 15 is 0 Å². The van der Waals surface area contributed by atoms with Crippen molar-refractivity contribution in [3.8, 4) is 5.75 Å². The lowest BCUT2D eigenvalue weighted by molar-refractivity contribution is 0.102. The van der Waals surface area contributed by atoms with Gasteiger partial charge >= 0.3 is 0 Å². The minimum atomic E-state index is -0.0243. The van der Waals surface area contributed by atoms with Crippen molar-refractivity contribution in [1.29, 1.82) is 0 Å². The molecule has 0 aliphatic rings. The van der Waals surface area contributed by atoms with E-state index in [9.17, 15) is 4.79 Å². The van der Waals surface area contributed by atoms with Gasteiger partial charge in [0.2, 0.25) is 0 Å². The van der Waals surface area contributed by atoms with Gasteiger partial charge in [-0.2, -0.15) is 0 Å². The van der Waals surface area contributed by atoms with Gasteiger partial charge in [0, 0.05) is 18.0 Å². The lowest BCUT2D eigenvalue weighted by Crippen LogP contribution is -2.03. The molecule has 20 heavy (non-hydrogen) atoms. The molecule has 0 saturated heterocycles. The average molecular weight is 309 g/mol. The van der Waals surface area contributed by atoms with Crippen molar-refractivity contribution < 1.29 is 9.53 Å². The van der Waals surface area contributed by atoms with Gasteiger partial charge in [-0.05, 0) is 30.7 Å². The van der Waals surface area contributed by atoms with E-state index in [1.165, 1.54) is 18.9 Å². The minimum Gasteiger partial charge on any atom is -0.495 e. The van der Waals surface area contributed by atoms with Crippen LogP contribution in [-0.4, -0.2) is 28.6 Å². The van der Waals surface area contributed by atoms with Crippen molar-refractivity contribution >= 4 is 29.1 Å². The standard InChI is InChI=1S/C14H13ClN2O2S/c1-9-6-16-14(17-7-9)20-8-12(18)10-3-4-13(19-2)11(15)5-10/h3-7H,8H2,1-2H3. The van der Waals surface area contributed by atoms with E-state index in [-0.39, 0.29) is 11.5 Å². The molecule has 0 bridgehead atoms. The Labute approximate surface area is 126 Å². The largest absolute Gasteiger partial charge is 0.495 e. The van der Waals surface area contributed by atoms with Crippen LogP contribution in [0.25, 0.3) is 0 Å². The van der Waals surface area contributed by atoms with Crippen LogP contribution in [0.4, 0.5) is 0 Å². The van der Waals surface area contributed by atoms with E-state index in [1.807, 2.05) is 6.92 Å². The van der Waals surface area contributed by atoms with Crippen molar-refractivity contribution in [2.24, 2.45) is 0 Å². The summed E-state index contributed by atoms with van der Waals surface area (Å²) in [5, 5.41) is 1.01. The Kier molecular flexibility index (Phi) is 4.98. The summed E-state index contributed by atoms with van der Waals surface area (Å²) in [5.74, 6) is 0.799. The molecular weight excluding hydrogens is 296 g/mol. The van der Waals surface area contributed by atoms with Crippen LogP contribution in [0.1, 0.15) is 15.9 Å². The van der Waals surface area contributed by atoms with E-state index in [0.717, 1.165) is 5.56 Å². The first-order chi connectivity index (χ1) is 9.60. The van der Waals surface area contributed by atoms with E-state index in [2.05, 4.69) is 9.97 Å². The summed E-state index contributed by atoms with van der Waals surface area (Å²) >= 11 is 7.30. The summed E-state index contributed by atoms with van der Waals surface area (Å²) in [6.45, 7) is 1.92. The van der Waals surface area contributed by atoms with Gasteiger partial charge in [-0.3, -0.25) is 4.79 Å². The van der Waals surface area contributed by atoms with Crippen LogP contribution < -0.4 is 4.74 Å². The highest BCUT2D eigenvalue weighted by atomic mass is 35.5. The van der Waals surface area contributed by atoms with Gasteiger partial charge in [-0.15, -0.1) is 0 Å². The molecule has 0 aliphatic carbocycles. The second-order valence-corrected chi connectivity index (χ2v) is 5.45.